The number of nitrogens with zero attached hydrogens (tertiary/aromatic N) is 2. The minimum atomic E-state index is -0.175. The van der Waals surface area contributed by atoms with Crippen LogP contribution in [0.4, 0.5) is 5.13 Å². The molecule has 2 heterocycles. The molecule has 6 heteroatoms. The van der Waals surface area contributed by atoms with Gasteiger partial charge in [-0.3, -0.25) is 4.79 Å². The predicted molar refractivity (Wildman–Crippen MR) is 70.1 cm³/mol. The second kappa shape index (κ2) is 6.15. The Balaban J connectivity index is 1.88. The lowest BCUT2D eigenvalue weighted by atomic mass is 10.3. The Morgan fingerprint density at radius 1 is 1.61 bits per heavy atom. The van der Waals surface area contributed by atoms with E-state index < -0.39 is 0 Å². The van der Waals surface area contributed by atoms with E-state index in [1.54, 1.807) is 18.4 Å². The van der Waals surface area contributed by atoms with Gasteiger partial charge in [0.05, 0.1) is 19.6 Å². The number of ether oxygens (including phenoxy) is 2. The normalized spacial score (nSPS) is 19.2. The van der Waals surface area contributed by atoms with Crippen LogP contribution in [0.1, 0.15) is 17.7 Å². The van der Waals surface area contributed by atoms with Gasteiger partial charge in [0.15, 0.2) is 5.13 Å². The zero-order valence-corrected chi connectivity index (χ0v) is 11.5. The molecule has 1 aromatic rings. The van der Waals surface area contributed by atoms with Gasteiger partial charge in [-0.05, 0) is 12.8 Å². The summed E-state index contributed by atoms with van der Waals surface area (Å²) in [7, 11) is 3.16. The molecule has 0 unspecified atom stereocenters. The van der Waals surface area contributed by atoms with Crippen LogP contribution < -0.4 is 4.90 Å². The number of aromatic nitrogens is 1. The summed E-state index contributed by atoms with van der Waals surface area (Å²) in [6, 6.07) is 0. The van der Waals surface area contributed by atoms with Gasteiger partial charge in [0, 0.05) is 31.3 Å². The highest BCUT2D eigenvalue weighted by atomic mass is 32.1. The zero-order chi connectivity index (χ0) is 13.0. The highest BCUT2D eigenvalue weighted by Gasteiger charge is 2.24. The Bertz CT molecular complexity index is 408. The largest absolute Gasteiger partial charge is 0.469 e. The third kappa shape index (κ3) is 3.20. The van der Waals surface area contributed by atoms with E-state index in [0.29, 0.717) is 18.9 Å². The summed E-state index contributed by atoms with van der Waals surface area (Å²) in [5.41, 5.74) is 0. The lowest BCUT2D eigenvalue weighted by molar-refractivity contribution is -0.140. The van der Waals surface area contributed by atoms with E-state index in [1.807, 2.05) is 6.20 Å². The Hall–Kier alpha value is -1.14. The molecule has 1 aromatic heterocycles. The van der Waals surface area contributed by atoms with Crippen molar-refractivity contribution < 1.29 is 14.3 Å². The number of carbonyl (C=O) groups excluding carboxylic acids is 1. The van der Waals surface area contributed by atoms with Crippen LogP contribution in [0.5, 0.6) is 0 Å². The molecule has 0 aliphatic carbocycles. The SMILES string of the molecule is COC(=O)CCc1cnc(N2CC[C@@H](OC)C2)s1. The van der Waals surface area contributed by atoms with E-state index in [0.717, 1.165) is 29.5 Å². The van der Waals surface area contributed by atoms with Gasteiger partial charge in [-0.2, -0.15) is 0 Å². The number of hydrogen-bond donors (Lipinski definition) is 0. The molecule has 100 valence electrons. The molecule has 0 amide bonds. The third-order valence-electron chi connectivity index (χ3n) is 3.09. The summed E-state index contributed by atoms with van der Waals surface area (Å²) in [5, 5.41) is 1.02. The van der Waals surface area contributed by atoms with Gasteiger partial charge in [-0.15, -0.1) is 11.3 Å². The molecule has 1 aliphatic heterocycles. The second-order valence-electron chi connectivity index (χ2n) is 4.28. The average Bonchev–Trinajstić information content (AvgIpc) is 3.03. The van der Waals surface area contributed by atoms with Gasteiger partial charge in [0.2, 0.25) is 0 Å². The number of carbonyl (C=O) groups is 1. The number of aryl methyl sites for hydroxylation is 1. The first-order chi connectivity index (χ1) is 8.72. The molecule has 1 saturated heterocycles. The van der Waals surface area contributed by atoms with E-state index >= 15 is 0 Å². The number of anilines is 1. The first kappa shape index (κ1) is 13.3. The lowest BCUT2D eigenvalue weighted by Crippen LogP contribution is -2.21. The zero-order valence-electron chi connectivity index (χ0n) is 10.7. The number of rotatable bonds is 5. The Labute approximate surface area is 111 Å². The molecule has 5 nitrogen and oxygen atoms in total. The summed E-state index contributed by atoms with van der Waals surface area (Å²) in [6.07, 6.45) is 4.33. The van der Waals surface area contributed by atoms with Crippen molar-refractivity contribution in [3.63, 3.8) is 0 Å². The van der Waals surface area contributed by atoms with Crippen molar-refractivity contribution in [2.24, 2.45) is 0 Å². The number of esters is 1. The van der Waals surface area contributed by atoms with E-state index in [1.165, 1.54) is 7.11 Å². The van der Waals surface area contributed by atoms with Crippen molar-refractivity contribution in [2.75, 3.05) is 32.2 Å². The van der Waals surface area contributed by atoms with Gasteiger partial charge in [-0.1, -0.05) is 0 Å². The van der Waals surface area contributed by atoms with Crippen LogP contribution in [0.15, 0.2) is 6.20 Å². The molecule has 0 radical (unpaired) electrons. The van der Waals surface area contributed by atoms with Crippen molar-refractivity contribution >= 4 is 22.4 Å². The Morgan fingerprint density at radius 3 is 3.11 bits per heavy atom. The standard InChI is InChI=1S/C12H18N2O3S/c1-16-9-5-6-14(8-9)12-13-7-10(18-12)3-4-11(15)17-2/h7,9H,3-6,8H2,1-2H3/t9-/m1/s1. The topological polar surface area (TPSA) is 51.7 Å². The van der Waals surface area contributed by atoms with Gasteiger partial charge >= 0.3 is 5.97 Å². The number of methoxy groups -OCH3 is 2. The van der Waals surface area contributed by atoms with Crippen LogP contribution in [0.3, 0.4) is 0 Å². The molecule has 0 spiro atoms. The van der Waals surface area contributed by atoms with Crippen LogP contribution in [-0.2, 0) is 20.7 Å². The molecular formula is C12H18N2O3S. The van der Waals surface area contributed by atoms with Crippen molar-refractivity contribution in [2.45, 2.75) is 25.4 Å². The summed E-state index contributed by atoms with van der Waals surface area (Å²) in [4.78, 5) is 18.8. The van der Waals surface area contributed by atoms with Crippen LogP contribution in [0.2, 0.25) is 0 Å². The minimum Gasteiger partial charge on any atom is -0.469 e. The van der Waals surface area contributed by atoms with Gasteiger partial charge in [0.1, 0.15) is 0 Å². The molecule has 0 N–H and O–H groups in total. The molecule has 18 heavy (non-hydrogen) atoms. The van der Waals surface area contributed by atoms with E-state index in [-0.39, 0.29) is 5.97 Å². The van der Waals surface area contributed by atoms with Crippen molar-refractivity contribution in [3.05, 3.63) is 11.1 Å². The number of thiazole rings is 1. The number of hydrogen-bond acceptors (Lipinski definition) is 6. The second-order valence-corrected chi connectivity index (χ2v) is 5.37. The maximum atomic E-state index is 11.1. The van der Waals surface area contributed by atoms with Gasteiger partial charge in [-0.25, -0.2) is 4.98 Å². The molecule has 0 aromatic carbocycles. The molecule has 0 bridgehead atoms. The molecule has 1 atom stereocenters. The monoisotopic (exact) mass is 270 g/mol. The summed E-state index contributed by atoms with van der Waals surface area (Å²) < 4.78 is 9.96. The molecule has 1 aliphatic rings. The molecule has 0 saturated carbocycles. The summed E-state index contributed by atoms with van der Waals surface area (Å²) in [6.45, 7) is 1.89. The fourth-order valence-electron chi connectivity index (χ4n) is 1.98. The predicted octanol–water partition coefficient (Wildman–Crippen LogP) is 1.47. The van der Waals surface area contributed by atoms with Crippen LogP contribution in [0, 0.1) is 0 Å². The maximum Gasteiger partial charge on any atom is 0.305 e. The van der Waals surface area contributed by atoms with Crippen LogP contribution in [0.25, 0.3) is 0 Å². The lowest BCUT2D eigenvalue weighted by Gasteiger charge is -2.13. The highest BCUT2D eigenvalue weighted by Crippen LogP contribution is 2.27. The first-order valence-electron chi connectivity index (χ1n) is 6.02. The van der Waals surface area contributed by atoms with Gasteiger partial charge < -0.3 is 14.4 Å². The van der Waals surface area contributed by atoms with Crippen molar-refractivity contribution in [1.82, 2.24) is 4.98 Å². The minimum absolute atomic E-state index is 0.175. The maximum absolute atomic E-state index is 11.1. The van der Waals surface area contributed by atoms with Gasteiger partial charge in [0.25, 0.3) is 0 Å². The fourth-order valence-corrected chi connectivity index (χ4v) is 2.92. The Morgan fingerprint density at radius 2 is 2.44 bits per heavy atom. The molecule has 2 rings (SSSR count). The van der Waals surface area contributed by atoms with E-state index in [4.69, 9.17) is 4.74 Å². The van der Waals surface area contributed by atoms with E-state index in [2.05, 4.69) is 14.6 Å². The summed E-state index contributed by atoms with van der Waals surface area (Å²) >= 11 is 1.65. The van der Waals surface area contributed by atoms with E-state index in [9.17, 15) is 4.79 Å². The smallest absolute Gasteiger partial charge is 0.305 e. The van der Waals surface area contributed by atoms with Crippen molar-refractivity contribution in [1.29, 1.82) is 0 Å². The molecular weight excluding hydrogens is 252 g/mol. The van der Waals surface area contributed by atoms with Crippen LogP contribution >= 0.6 is 11.3 Å². The Kier molecular flexibility index (Phi) is 4.54. The highest BCUT2D eigenvalue weighted by molar-refractivity contribution is 7.15. The average molecular weight is 270 g/mol. The summed E-state index contributed by atoms with van der Waals surface area (Å²) in [5.74, 6) is -0.175. The third-order valence-corrected chi connectivity index (χ3v) is 4.21. The molecule has 1 fully saturated rings. The van der Waals surface area contributed by atoms with Crippen molar-refractivity contribution in [3.8, 4) is 0 Å². The van der Waals surface area contributed by atoms with Crippen LogP contribution in [-0.4, -0.2) is 44.4 Å². The first-order valence-corrected chi connectivity index (χ1v) is 6.84. The fraction of sp³-hybridized carbons (Fsp3) is 0.667. The quantitative estimate of drug-likeness (QED) is 0.758.